The average molecular weight is 336 g/mol. The smallest absolute Gasteiger partial charge is 0.222 e. The fraction of sp³-hybridized carbons (Fsp3) is 0.611. The van der Waals surface area contributed by atoms with Crippen LogP contribution in [0.25, 0.3) is 0 Å². The highest BCUT2D eigenvalue weighted by molar-refractivity contribution is 6.30. The Morgan fingerprint density at radius 1 is 1.13 bits per heavy atom. The van der Waals surface area contributed by atoms with Crippen LogP contribution in [0.2, 0.25) is 5.02 Å². The summed E-state index contributed by atoms with van der Waals surface area (Å²) in [6.07, 6.45) is 4.00. The zero-order valence-corrected chi connectivity index (χ0v) is 14.3. The van der Waals surface area contributed by atoms with Crippen molar-refractivity contribution < 1.29 is 4.79 Å². The van der Waals surface area contributed by atoms with Gasteiger partial charge in [-0.15, -0.1) is 0 Å². The van der Waals surface area contributed by atoms with E-state index in [9.17, 15) is 4.79 Å². The number of rotatable bonds is 4. The zero-order chi connectivity index (χ0) is 16.2. The maximum Gasteiger partial charge on any atom is 0.222 e. The number of hydrogen-bond acceptors (Lipinski definition) is 3. The van der Waals surface area contributed by atoms with E-state index in [0.717, 1.165) is 50.6 Å². The van der Waals surface area contributed by atoms with E-state index in [1.54, 1.807) is 0 Å². The van der Waals surface area contributed by atoms with Gasteiger partial charge in [-0.05, 0) is 36.5 Å². The lowest BCUT2D eigenvalue weighted by molar-refractivity contribution is -0.134. The fourth-order valence-corrected chi connectivity index (χ4v) is 3.80. The molecular formula is C18H26ClN3O. The molecule has 23 heavy (non-hydrogen) atoms. The number of hydrogen-bond donors (Lipinski definition) is 1. The summed E-state index contributed by atoms with van der Waals surface area (Å²) in [6, 6.07) is 8.23. The Hall–Kier alpha value is -1.10. The van der Waals surface area contributed by atoms with Crippen molar-refractivity contribution >= 4 is 17.5 Å². The van der Waals surface area contributed by atoms with E-state index in [4.69, 9.17) is 17.3 Å². The molecule has 2 atom stereocenters. The highest BCUT2D eigenvalue weighted by Crippen LogP contribution is 2.27. The highest BCUT2D eigenvalue weighted by Gasteiger charge is 2.29. The Kier molecular flexibility index (Phi) is 5.57. The standard InChI is InChI=1S/C18H26ClN3O/c19-16-6-4-14(5-7-16)13-21-8-10-22(11-9-21)18(23)12-15-2-1-3-17(15)20/h4-7,15,17H,1-3,8-13,20H2/t15-,17+/m0/s1. The number of piperazine rings is 1. The summed E-state index contributed by atoms with van der Waals surface area (Å²) in [7, 11) is 0. The first kappa shape index (κ1) is 16.7. The van der Waals surface area contributed by atoms with Crippen molar-refractivity contribution in [3.63, 3.8) is 0 Å². The van der Waals surface area contributed by atoms with Crippen LogP contribution in [-0.4, -0.2) is 47.9 Å². The maximum absolute atomic E-state index is 12.4. The highest BCUT2D eigenvalue weighted by atomic mass is 35.5. The number of carbonyl (C=O) groups excluding carboxylic acids is 1. The molecule has 1 aliphatic carbocycles. The molecule has 0 aromatic heterocycles. The molecule has 0 unspecified atom stereocenters. The van der Waals surface area contributed by atoms with Gasteiger partial charge in [0.05, 0.1) is 0 Å². The van der Waals surface area contributed by atoms with Crippen LogP contribution >= 0.6 is 11.6 Å². The summed E-state index contributed by atoms with van der Waals surface area (Å²) in [5, 5.41) is 0.772. The topological polar surface area (TPSA) is 49.6 Å². The lowest BCUT2D eigenvalue weighted by Crippen LogP contribution is -2.49. The first-order valence-corrected chi connectivity index (χ1v) is 9.00. The summed E-state index contributed by atoms with van der Waals surface area (Å²) < 4.78 is 0. The molecule has 1 aliphatic heterocycles. The Balaban J connectivity index is 1.44. The van der Waals surface area contributed by atoms with Gasteiger partial charge in [0.2, 0.25) is 5.91 Å². The molecular weight excluding hydrogens is 310 g/mol. The van der Waals surface area contributed by atoms with Crippen molar-refractivity contribution in [2.45, 2.75) is 38.3 Å². The van der Waals surface area contributed by atoms with E-state index in [-0.39, 0.29) is 6.04 Å². The molecule has 1 amide bonds. The Morgan fingerprint density at radius 2 is 1.83 bits per heavy atom. The SMILES string of the molecule is N[C@@H]1CCC[C@H]1CC(=O)N1CCN(Cc2ccc(Cl)cc2)CC1. The second kappa shape index (κ2) is 7.65. The lowest BCUT2D eigenvalue weighted by Gasteiger charge is -2.35. The molecule has 1 saturated heterocycles. The van der Waals surface area contributed by atoms with Gasteiger partial charge in [0.25, 0.3) is 0 Å². The average Bonchev–Trinajstić information content (AvgIpc) is 2.95. The largest absolute Gasteiger partial charge is 0.340 e. The van der Waals surface area contributed by atoms with E-state index < -0.39 is 0 Å². The molecule has 4 nitrogen and oxygen atoms in total. The minimum Gasteiger partial charge on any atom is -0.340 e. The van der Waals surface area contributed by atoms with Gasteiger partial charge in [-0.25, -0.2) is 0 Å². The van der Waals surface area contributed by atoms with Crippen LogP contribution in [0.1, 0.15) is 31.2 Å². The molecule has 3 rings (SSSR count). The van der Waals surface area contributed by atoms with Crippen LogP contribution < -0.4 is 5.73 Å². The number of carbonyl (C=O) groups is 1. The van der Waals surface area contributed by atoms with Crippen molar-refractivity contribution in [1.29, 1.82) is 0 Å². The molecule has 0 bridgehead atoms. The van der Waals surface area contributed by atoms with Gasteiger partial charge < -0.3 is 10.6 Å². The monoisotopic (exact) mass is 335 g/mol. The number of benzene rings is 1. The lowest BCUT2D eigenvalue weighted by atomic mass is 9.99. The van der Waals surface area contributed by atoms with Crippen molar-refractivity contribution in [2.75, 3.05) is 26.2 Å². The molecule has 1 aromatic carbocycles. The number of nitrogens with zero attached hydrogens (tertiary/aromatic N) is 2. The minimum absolute atomic E-state index is 0.227. The van der Waals surface area contributed by atoms with Gasteiger partial charge in [-0.3, -0.25) is 9.69 Å². The summed E-state index contributed by atoms with van der Waals surface area (Å²) in [6.45, 7) is 4.45. The first-order valence-electron chi connectivity index (χ1n) is 8.62. The molecule has 126 valence electrons. The summed E-state index contributed by atoms with van der Waals surface area (Å²) in [5.41, 5.74) is 7.36. The minimum atomic E-state index is 0.227. The maximum atomic E-state index is 12.4. The van der Waals surface area contributed by atoms with E-state index in [2.05, 4.69) is 17.0 Å². The number of amides is 1. The van der Waals surface area contributed by atoms with Gasteiger partial charge in [-0.2, -0.15) is 0 Å². The molecule has 0 spiro atoms. The van der Waals surface area contributed by atoms with Crippen molar-refractivity contribution in [2.24, 2.45) is 11.7 Å². The van der Waals surface area contributed by atoms with Gasteiger partial charge in [-0.1, -0.05) is 30.2 Å². The van der Waals surface area contributed by atoms with Crippen molar-refractivity contribution in [3.05, 3.63) is 34.9 Å². The van der Waals surface area contributed by atoms with Gasteiger partial charge in [0.1, 0.15) is 0 Å². The Labute approximate surface area is 143 Å². The zero-order valence-electron chi connectivity index (χ0n) is 13.6. The third-order valence-electron chi connectivity index (χ3n) is 5.20. The number of nitrogens with two attached hydrogens (primary N) is 1. The normalized spacial score (nSPS) is 25.7. The summed E-state index contributed by atoms with van der Waals surface area (Å²) in [5.74, 6) is 0.688. The van der Waals surface area contributed by atoms with E-state index in [0.29, 0.717) is 18.2 Å². The predicted molar refractivity (Wildman–Crippen MR) is 93.2 cm³/mol. The van der Waals surface area contributed by atoms with Crippen LogP contribution in [0.3, 0.4) is 0 Å². The van der Waals surface area contributed by atoms with Gasteiger partial charge >= 0.3 is 0 Å². The fourth-order valence-electron chi connectivity index (χ4n) is 3.68. The molecule has 2 N–H and O–H groups in total. The molecule has 1 heterocycles. The van der Waals surface area contributed by atoms with E-state index >= 15 is 0 Å². The number of halogens is 1. The summed E-state index contributed by atoms with van der Waals surface area (Å²) >= 11 is 5.92. The molecule has 5 heteroatoms. The molecule has 2 aliphatic rings. The summed E-state index contributed by atoms with van der Waals surface area (Å²) in [4.78, 5) is 16.9. The van der Waals surface area contributed by atoms with E-state index in [1.807, 2.05) is 17.0 Å². The van der Waals surface area contributed by atoms with E-state index in [1.165, 1.54) is 12.0 Å². The molecule has 2 fully saturated rings. The van der Waals surface area contributed by atoms with Gasteiger partial charge in [0, 0.05) is 50.2 Å². The molecule has 0 radical (unpaired) electrons. The van der Waals surface area contributed by atoms with Crippen LogP contribution in [0.4, 0.5) is 0 Å². The van der Waals surface area contributed by atoms with Gasteiger partial charge in [0.15, 0.2) is 0 Å². The van der Waals surface area contributed by atoms with Crippen LogP contribution in [0.5, 0.6) is 0 Å². The second-order valence-electron chi connectivity index (χ2n) is 6.84. The third kappa shape index (κ3) is 4.46. The Bertz CT molecular complexity index is 526. The predicted octanol–water partition coefficient (Wildman–Crippen LogP) is 2.50. The third-order valence-corrected chi connectivity index (χ3v) is 5.45. The van der Waals surface area contributed by atoms with Crippen molar-refractivity contribution in [1.82, 2.24) is 9.80 Å². The molecule has 1 aromatic rings. The van der Waals surface area contributed by atoms with Crippen LogP contribution in [0.15, 0.2) is 24.3 Å². The van der Waals surface area contributed by atoms with Crippen molar-refractivity contribution in [3.8, 4) is 0 Å². The van der Waals surface area contributed by atoms with Crippen LogP contribution in [0, 0.1) is 5.92 Å². The quantitative estimate of drug-likeness (QED) is 0.919. The Morgan fingerprint density at radius 3 is 2.43 bits per heavy atom. The van der Waals surface area contributed by atoms with Crippen LogP contribution in [-0.2, 0) is 11.3 Å². The first-order chi connectivity index (χ1) is 11.1. The second-order valence-corrected chi connectivity index (χ2v) is 7.28. The molecule has 1 saturated carbocycles.